The van der Waals surface area contributed by atoms with E-state index in [2.05, 4.69) is 13.1 Å². The first-order chi connectivity index (χ1) is 7.58. The average Bonchev–Trinajstić information content (AvgIpc) is 2.78. The van der Waals surface area contributed by atoms with Crippen LogP contribution in [0.3, 0.4) is 0 Å². The molecule has 0 aromatic rings. The Hall–Kier alpha value is -0.0425. The zero-order valence-corrected chi connectivity index (χ0v) is 12.9. The zero-order valence-electron chi connectivity index (χ0n) is 8.95. The van der Waals surface area contributed by atoms with Crippen LogP contribution >= 0.6 is 0 Å². The Kier molecular flexibility index (Phi) is 3.63. The van der Waals surface area contributed by atoms with Gasteiger partial charge in [0.2, 0.25) is 25.9 Å². The van der Waals surface area contributed by atoms with E-state index >= 15 is 0 Å². The predicted molar refractivity (Wildman–Crippen MR) is 62.7 cm³/mol. The van der Waals surface area contributed by atoms with Gasteiger partial charge in [0.15, 0.2) is 0 Å². The van der Waals surface area contributed by atoms with Crippen LogP contribution < -0.4 is 0 Å². The van der Waals surface area contributed by atoms with Crippen molar-refractivity contribution in [3.8, 4) is 0 Å². The molecule has 0 unspecified atom stereocenters. The van der Waals surface area contributed by atoms with Crippen molar-refractivity contribution in [3.05, 3.63) is 12.7 Å². The summed E-state index contributed by atoms with van der Waals surface area (Å²) in [5, 5.41) is 0. The summed E-state index contributed by atoms with van der Waals surface area (Å²) in [6.07, 6.45) is 1.89. The molecule has 2 heterocycles. The lowest BCUT2D eigenvalue weighted by Crippen LogP contribution is -2.45. The fourth-order valence-corrected chi connectivity index (χ4v) is 23.7. The van der Waals surface area contributed by atoms with Crippen LogP contribution in [0.5, 0.6) is 0 Å². The number of rotatable bonds is 5. The van der Waals surface area contributed by atoms with Crippen molar-refractivity contribution in [3.63, 3.8) is 0 Å². The highest BCUT2D eigenvalue weighted by Gasteiger charge is 2.62. The lowest BCUT2D eigenvalue weighted by molar-refractivity contribution is -0.137. The smallest absolute Gasteiger partial charge is 0.463 e. The number of carbonyl (C=O) groups is 1. The monoisotopic (exact) mass is 288 g/mol. The Morgan fingerprint density at radius 2 is 2.19 bits per heavy atom. The molecule has 0 spiro atoms. The summed E-state index contributed by atoms with van der Waals surface area (Å²) in [6.45, 7) is 5.86. The first-order valence-corrected chi connectivity index (χ1v) is 13.1. The number of carbonyl (C=O) groups excluding carboxylic acids is 1. The largest absolute Gasteiger partial charge is 0.468 e. The summed E-state index contributed by atoms with van der Waals surface area (Å²) in [5.41, 5.74) is 0. The molecular weight excluding hydrogens is 276 g/mol. The molecule has 0 amide bonds. The molecule has 0 N–H and O–H groups in total. The van der Waals surface area contributed by atoms with E-state index in [0.29, 0.717) is 25.2 Å². The highest BCUT2D eigenvalue weighted by Crippen LogP contribution is 2.33. The van der Waals surface area contributed by atoms with E-state index in [1.165, 1.54) is 0 Å². The molecule has 0 saturated carbocycles. The van der Waals surface area contributed by atoms with Gasteiger partial charge in [-0.15, -0.1) is 0 Å². The minimum absolute atomic E-state index is 0.375. The molecule has 0 atom stereocenters. The van der Waals surface area contributed by atoms with Crippen molar-refractivity contribution in [1.82, 2.24) is 0 Å². The quantitative estimate of drug-likeness (QED) is 0.307. The lowest BCUT2D eigenvalue weighted by Gasteiger charge is -2.20. The van der Waals surface area contributed by atoms with E-state index in [9.17, 15) is 4.79 Å². The molecule has 2 aliphatic rings. The third kappa shape index (κ3) is 2.61. The Balaban J connectivity index is 1.71. The Morgan fingerprint density at radius 1 is 1.50 bits per heavy atom. The SMILES string of the molecule is C=CC(=O)OCCC[Si]12O[Si][Si](C)(O1)[Si]O2. The van der Waals surface area contributed by atoms with Gasteiger partial charge in [-0.1, -0.05) is 6.58 Å². The summed E-state index contributed by atoms with van der Waals surface area (Å²) in [4.78, 5) is 10.8. The van der Waals surface area contributed by atoms with Gasteiger partial charge >= 0.3 is 14.8 Å². The van der Waals surface area contributed by atoms with Gasteiger partial charge < -0.3 is 17.1 Å². The third-order valence-electron chi connectivity index (χ3n) is 2.20. The van der Waals surface area contributed by atoms with Crippen LogP contribution in [0.15, 0.2) is 12.7 Å². The second kappa shape index (κ2) is 4.68. The van der Waals surface area contributed by atoms with Crippen molar-refractivity contribution >= 4 is 40.7 Å². The molecule has 0 aromatic heterocycles. The third-order valence-corrected chi connectivity index (χ3v) is 18.0. The molecule has 86 valence electrons. The van der Waals surface area contributed by atoms with E-state index < -0.39 is 16.2 Å². The first-order valence-electron chi connectivity index (χ1n) is 4.97. The summed E-state index contributed by atoms with van der Waals surface area (Å²) in [5.74, 6) is -0.386. The van der Waals surface area contributed by atoms with Crippen molar-refractivity contribution < 1.29 is 21.9 Å². The lowest BCUT2D eigenvalue weighted by atomic mass is 10.5. The Bertz CT molecular complexity index is 301. The number of fused-ring (bicyclic) bond motifs is 2. The first kappa shape index (κ1) is 12.4. The summed E-state index contributed by atoms with van der Waals surface area (Å²) in [7, 11) is -2.87. The highest BCUT2D eigenvalue weighted by atomic mass is 29.6. The van der Waals surface area contributed by atoms with Gasteiger partial charge in [0.05, 0.1) is 6.61 Å². The molecule has 0 aliphatic carbocycles. The van der Waals surface area contributed by atoms with Gasteiger partial charge in [-0.25, -0.2) is 4.79 Å². The Morgan fingerprint density at radius 3 is 2.69 bits per heavy atom. The minimum atomic E-state index is -2.32. The van der Waals surface area contributed by atoms with Gasteiger partial charge in [0.1, 0.15) is 0 Å². The van der Waals surface area contributed by atoms with Gasteiger partial charge in [-0.3, -0.25) is 0 Å². The Labute approximate surface area is 101 Å². The van der Waals surface area contributed by atoms with Crippen LogP contribution in [0.2, 0.25) is 12.6 Å². The van der Waals surface area contributed by atoms with E-state index in [4.69, 9.17) is 17.1 Å². The maximum Gasteiger partial charge on any atom is 0.468 e. The number of hydrogen-bond acceptors (Lipinski definition) is 5. The molecule has 2 rings (SSSR count). The van der Waals surface area contributed by atoms with Crippen LogP contribution in [0.25, 0.3) is 0 Å². The van der Waals surface area contributed by atoms with E-state index in [-0.39, 0.29) is 5.97 Å². The molecule has 2 saturated heterocycles. The molecule has 4 radical (unpaired) electrons. The van der Waals surface area contributed by atoms with Crippen molar-refractivity contribution in [2.75, 3.05) is 6.61 Å². The number of ether oxygens (including phenoxy) is 1. The van der Waals surface area contributed by atoms with Crippen LogP contribution in [-0.2, 0) is 21.9 Å². The van der Waals surface area contributed by atoms with Crippen molar-refractivity contribution in [2.45, 2.75) is 19.0 Å². The second-order valence-electron chi connectivity index (χ2n) is 3.70. The molecule has 0 aromatic carbocycles. The van der Waals surface area contributed by atoms with Gasteiger partial charge in [-0.2, -0.15) is 0 Å². The molecule has 9 heteroatoms. The molecule has 2 fully saturated rings. The molecule has 5 nitrogen and oxygen atoms in total. The minimum Gasteiger partial charge on any atom is -0.463 e. The normalized spacial score (nSPS) is 36.3. The number of hydrogen-bond donors (Lipinski definition) is 0. The van der Waals surface area contributed by atoms with E-state index in [1.807, 2.05) is 0 Å². The molecule has 16 heavy (non-hydrogen) atoms. The van der Waals surface area contributed by atoms with Crippen LogP contribution in [-0.4, -0.2) is 47.3 Å². The predicted octanol–water partition coefficient (Wildman–Crippen LogP) is -0.0713. The van der Waals surface area contributed by atoms with Crippen LogP contribution in [0.4, 0.5) is 0 Å². The van der Waals surface area contributed by atoms with Gasteiger partial charge in [0.25, 0.3) is 0 Å². The second-order valence-corrected chi connectivity index (χ2v) is 18.9. The molecular formula is C7H12O5Si4. The number of esters is 1. The van der Waals surface area contributed by atoms with Gasteiger partial charge in [0, 0.05) is 12.1 Å². The van der Waals surface area contributed by atoms with Crippen molar-refractivity contribution in [1.29, 1.82) is 0 Å². The van der Waals surface area contributed by atoms with Gasteiger partial charge in [-0.05, 0) is 13.0 Å². The topological polar surface area (TPSA) is 54.0 Å². The fraction of sp³-hybridized carbons (Fsp3) is 0.571. The van der Waals surface area contributed by atoms with Crippen molar-refractivity contribution in [2.24, 2.45) is 0 Å². The molecule has 2 bridgehead atoms. The van der Waals surface area contributed by atoms with E-state index in [1.54, 1.807) is 0 Å². The molecule has 2 aliphatic heterocycles. The van der Waals surface area contributed by atoms with Crippen LogP contribution in [0, 0.1) is 0 Å². The summed E-state index contributed by atoms with van der Waals surface area (Å²) >= 11 is 0. The van der Waals surface area contributed by atoms with Crippen LogP contribution in [0.1, 0.15) is 6.42 Å². The van der Waals surface area contributed by atoms with E-state index in [0.717, 1.165) is 18.5 Å². The fourth-order valence-electron chi connectivity index (χ4n) is 1.46. The highest BCUT2D eigenvalue weighted by molar-refractivity contribution is 7.50. The maximum atomic E-state index is 10.8. The standard InChI is InChI=1S/C7H12O5Si4/c1-3-7(8)9-5-4-6-16-10-13-15(2,12-16)14-11-16/h3H,1,4-6H2,2H3. The maximum absolute atomic E-state index is 10.8. The summed E-state index contributed by atoms with van der Waals surface area (Å²) < 4.78 is 22.3. The average molecular weight is 289 g/mol. The summed E-state index contributed by atoms with van der Waals surface area (Å²) in [6, 6.07) is 0.750. The zero-order chi connectivity index (χ0) is 11.6.